The zero-order chi connectivity index (χ0) is 101. The van der Waals surface area contributed by atoms with E-state index in [-0.39, 0.29) is 72.9 Å². The van der Waals surface area contributed by atoms with Crippen molar-refractivity contribution in [3.05, 3.63) is 393 Å². The third kappa shape index (κ3) is 26.0. The molecule has 20 nitrogen and oxygen atoms in total. The van der Waals surface area contributed by atoms with Gasteiger partial charge in [0.1, 0.15) is 0 Å². The van der Waals surface area contributed by atoms with Crippen LogP contribution >= 0.6 is 0 Å². The average Bonchev–Trinajstić information content (AvgIpc) is 0.788. The first-order chi connectivity index (χ1) is 67.0. The maximum atomic E-state index is 14.8. The molecular weight excluding hydrogens is 1800 g/mol. The van der Waals surface area contributed by atoms with Gasteiger partial charge in [0.2, 0.25) is 0 Å². The molecule has 0 atom stereocenters. The molecule has 0 amide bonds. The van der Waals surface area contributed by atoms with Gasteiger partial charge in [0, 0.05) is 117 Å². The lowest BCUT2D eigenvalue weighted by atomic mass is 9.99. The minimum atomic E-state index is -0.712. The monoisotopic (exact) mass is 1890 g/mol. The highest BCUT2D eigenvalue weighted by Gasteiger charge is 2.22. The third-order valence-corrected chi connectivity index (χ3v) is 21.7. The van der Waals surface area contributed by atoms with Crippen molar-refractivity contribution in [1.29, 1.82) is 0 Å². The number of carbonyl (C=O) groups excluding carboxylic acids is 10. The number of halogens is 5. The van der Waals surface area contributed by atoms with Crippen LogP contribution in [-0.2, 0) is 104 Å². The normalized spacial score (nSPS) is 10.6. The zero-order valence-corrected chi connectivity index (χ0v) is 77.3. The predicted octanol–water partition coefficient (Wildman–Crippen LogP) is 24.4. The van der Waals surface area contributed by atoms with Crippen LogP contribution in [0.25, 0.3) is 108 Å². The fraction of sp³-hybridized carbons (Fsp3) is 0.130. The van der Waals surface area contributed by atoms with Crippen molar-refractivity contribution < 1.29 is 117 Å². The summed E-state index contributed by atoms with van der Waals surface area (Å²) in [5.41, 5.74) is 6.48. The van der Waals surface area contributed by atoms with Crippen molar-refractivity contribution in [3.63, 3.8) is 0 Å². The van der Waals surface area contributed by atoms with E-state index in [0.717, 1.165) is 123 Å². The van der Waals surface area contributed by atoms with Gasteiger partial charge >= 0.3 is 59.7 Å². The lowest BCUT2D eigenvalue weighted by Gasteiger charge is -2.11. The van der Waals surface area contributed by atoms with E-state index >= 15 is 0 Å². The van der Waals surface area contributed by atoms with Gasteiger partial charge in [-0.1, -0.05) is 217 Å². The molecule has 0 aliphatic heterocycles. The summed E-state index contributed by atoms with van der Waals surface area (Å²) in [6.45, 7) is 43.4. The number of hydrogen-bond donors (Lipinski definition) is 0. The minimum absolute atomic E-state index is 0.124. The van der Waals surface area contributed by atoms with Gasteiger partial charge in [-0.25, -0.2) is 69.9 Å². The number of rotatable bonds is 30. The maximum Gasteiger partial charge on any atom is 0.338 e. The summed E-state index contributed by atoms with van der Waals surface area (Å²) in [5.74, 6) is -9.19. The Labute approximate surface area is 802 Å². The molecule has 15 aromatic carbocycles. The van der Waals surface area contributed by atoms with Gasteiger partial charge in [0.05, 0.1) is 33.0 Å². The summed E-state index contributed by atoms with van der Waals surface area (Å²) in [5, 5.41) is 14.5. The summed E-state index contributed by atoms with van der Waals surface area (Å²) in [6, 6.07) is 62.1. The quantitative estimate of drug-likeness (QED) is 0.0101. The molecule has 0 heterocycles. The summed E-state index contributed by atoms with van der Waals surface area (Å²) in [4.78, 5) is 114. The molecular formula is C115H95F5O20. The maximum absolute atomic E-state index is 14.8. The Morgan fingerprint density at radius 1 is 0.214 bits per heavy atom. The van der Waals surface area contributed by atoms with Gasteiger partial charge in [-0.2, -0.15) is 0 Å². The fourth-order valence-corrected chi connectivity index (χ4v) is 14.5. The molecule has 0 saturated heterocycles. The Balaban J connectivity index is 0.000000167. The topological polar surface area (TPSA) is 263 Å². The molecule has 25 heteroatoms. The molecule has 140 heavy (non-hydrogen) atoms. The Kier molecular flexibility index (Phi) is 35.2. The second-order valence-electron chi connectivity index (χ2n) is 31.9. The van der Waals surface area contributed by atoms with Gasteiger partial charge in [0.15, 0.2) is 57.8 Å². The van der Waals surface area contributed by atoms with Crippen molar-refractivity contribution in [1.82, 2.24) is 0 Å². The van der Waals surface area contributed by atoms with Gasteiger partial charge < -0.3 is 47.4 Å². The Hall–Kier alpha value is -17.4. The van der Waals surface area contributed by atoms with E-state index in [4.69, 9.17) is 47.4 Å². The molecule has 710 valence electrons. The smallest absolute Gasteiger partial charge is 0.338 e. The predicted molar refractivity (Wildman–Crippen MR) is 534 cm³/mol. The first-order valence-electron chi connectivity index (χ1n) is 43.6. The molecule has 0 aliphatic rings. The van der Waals surface area contributed by atoms with Crippen LogP contribution in [0.4, 0.5) is 22.0 Å². The van der Waals surface area contributed by atoms with E-state index < -0.39 is 88.8 Å². The van der Waals surface area contributed by atoms with Gasteiger partial charge in [-0.3, -0.25) is 0 Å². The number of fused-ring (bicyclic) bond motifs is 15. The molecule has 15 rings (SSSR count). The first kappa shape index (κ1) is 103. The minimum Gasteiger partial charge on any atom is -0.462 e. The van der Waals surface area contributed by atoms with Crippen molar-refractivity contribution >= 4 is 167 Å². The highest BCUT2D eigenvalue weighted by molar-refractivity contribution is 6.13. The number of benzene rings is 15. The van der Waals surface area contributed by atoms with Crippen molar-refractivity contribution in [2.45, 2.75) is 66.7 Å². The van der Waals surface area contributed by atoms with Crippen LogP contribution in [-0.4, -0.2) is 92.7 Å². The zero-order valence-electron chi connectivity index (χ0n) is 77.3. The van der Waals surface area contributed by atoms with Crippen LogP contribution in [0.15, 0.2) is 336 Å². The van der Waals surface area contributed by atoms with E-state index in [1.54, 1.807) is 87.5 Å². The van der Waals surface area contributed by atoms with Crippen LogP contribution in [0.5, 0.6) is 28.7 Å². The van der Waals surface area contributed by atoms with E-state index in [2.05, 4.69) is 65.8 Å². The molecule has 0 radical (unpaired) electrons. The molecule has 0 saturated carbocycles. The third-order valence-electron chi connectivity index (χ3n) is 21.7. The van der Waals surface area contributed by atoms with Gasteiger partial charge in [-0.15, -0.1) is 0 Å². The fourth-order valence-electron chi connectivity index (χ4n) is 14.5. The van der Waals surface area contributed by atoms with Gasteiger partial charge in [0.25, 0.3) is 0 Å². The standard InChI is InChI=1S/C24H21FO4.3C23H19FO4.C22H17FO4/c1-14(2)23(26)28-12-11-16-5-7-18-17(13-16)6-8-20-19(18)9-10-21(22(20)25)29-24(27)15(3)4;2*1-4-21(25)28-20-10-9-18-17-7-5-15(11-12-27-23(26)14(2)3)13-16(17)6-8-19(18)22(20)24;1-4-21(25)27-12-11-15-5-7-17-16(13-15)6-8-19-18(17)9-10-20(22(19)24)28-23(26)14(2)3;1-3-20(24)26-12-11-14-5-7-16-15(13-14)6-8-18-17(16)9-10-19(22(18)23)27-21(25)4-2/h5-10,13H,1,3,11-12H2,2,4H3;3*4-10,13H,1-2,11-12H2,3H3;3-10,13H,1-2,11-12H2. The Bertz CT molecular complexity index is 7470. The van der Waals surface area contributed by atoms with Crippen LogP contribution in [0.1, 0.15) is 62.4 Å². The summed E-state index contributed by atoms with van der Waals surface area (Å²) in [7, 11) is 0. The summed E-state index contributed by atoms with van der Waals surface area (Å²) in [6.07, 6.45) is 8.05. The van der Waals surface area contributed by atoms with Crippen molar-refractivity contribution in [2.24, 2.45) is 0 Å². The molecule has 0 spiro atoms. The lowest BCUT2D eigenvalue weighted by molar-refractivity contribution is -0.139. The van der Waals surface area contributed by atoms with Crippen LogP contribution < -0.4 is 23.7 Å². The molecule has 15 aromatic rings. The average molecular weight is 1890 g/mol. The van der Waals surface area contributed by atoms with Crippen LogP contribution in [0.2, 0.25) is 0 Å². The number of esters is 10. The van der Waals surface area contributed by atoms with E-state index in [1.807, 2.05) is 115 Å². The number of ether oxygens (including phenoxy) is 10. The Morgan fingerprint density at radius 3 is 0.571 bits per heavy atom. The van der Waals surface area contributed by atoms with E-state index in [9.17, 15) is 69.9 Å². The number of hydrogen-bond acceptors (Lipinski definition) is 20. The van der Waals surface area contributed by atoms with Gasteiger partial charge in [-0.05, 0) is 204 Å². The molecule has 0 bridgehead atoms. The highest BCUT2D eigenvalue weighted by Crippen LogP contribution is 2.39. The summed E-state index contributed by atoms with van der Waals surface area (Å²) >= 11 is 0. The van der Waals surface area contributed by atoms with Crippen molar-refractivity contribution in [3.8, 4) is 28.7 Å². The second-order valence-corrected chi connectivity index (χ2v) is 31.9. The van der Waals surface area contributed by atoms with Crippen LogP contribution in [0.3, 0.4) is 0 Å². The lowest BCUT2D eigenvalue weighted by Crippen LogP contribution is -2.09. The number of carbonyl (C=O) groups is 10. The SMILES string of the molecule is C=C(C)C(=O)OCCc1ccc2c(ccc3c(F)c(OC(=O)C(=C)C)ccc32)c1.C=CC(=O)OCCc1ccc2c(ccc3c(F)c(OC(=O)C(=C)C)ccc32)c1.C=CC(=O)OCCc1ccc2c(ccc3c(F)c(OC(=O)C=C)ccc32)c1.C=CC(=O)Oc1ccc2c(ccc3cc(CCOC(=O)C(=C)C)ccc32)c1F.C=CC(=O)Oc1ccc2c(ccc3cc(CCOC(=O)C(=C)C)ccc32)c1F. The largest absolute Gasteiger partial charge is 0.462 e. The van der Waals surface area contributed by atoms with Crippen molar-refractivity contribution in [2.75, 3.05) is 33.0 Å². The molecule has 0 unspecified atom stereocenters. The van der Waals surface area contributed by atoms with E-state index in [0.29, 0.717) is 91.9 Å². The molecule has 0 N–H and O–H groups in total. The highest BCUT2D eigenvalue weighted by atomic mass is 19.1. The van der Waals surface area contributed by atoms with E-state index in [1.165, 1.54) is 44.2 Å². The second kappa shape index (κ2) is 47.7. The molecule has 0 aliphatic carbocycles. The molecule has 0 aromatic heterocycles. The Morgan fingerprint density at radius 2 is 0.386 bits per heavy atom. The molecule has 0 fully saturated rings. The first-order valence-corrected chi connectivity index (χ1v) is 43.6. The summed E-state index contributed by atoms with van der Waals surface area (Å²) < 4.78 is 124. The van der Waals surface area contributed by atoms with Crippen LogP contribution in [0, 0.1) is 29.1 Å².